The minimum absolute atomic E-state index is 0.130. The van der Waals surface area contributed by atoms with E-state index in [1.807, 2.05) is 19.4 Å². The molecule has 2 N–H and O–H groups in total. The van der Waals surface area contributed by atoms with Gasteiger partial charge in [0.15, 0.2) is 0 Å². The van der Waals surface area contributed by atoms with Gasteiger partial charge in [-0.05, 0) is 26.7 Å². The summed E-state index contributed by atoms with van der Waals surface area (Å²) in [4.78, 5) is 4.40. The monoisotopic (exact) mass is 179 g/mol. The Balaban J connectivity index is 2.42. The summed E-state index contributed by atoms with van der Waals surface area (Å²) in [5, 5.41) is 0. The molecule has 72 valence electrons. The molecule has 1 fully saturated rings. The lowest BCUT2D eigenvalue weighted by Gasteiger charge is -2.30. The summed E-state index contributed by atoms with van der Waals surface area (Å²) in [7, 11) is 2.04. The van der Waals surface area contributed by atoms with Gasteiger partial charge < -0.3 is 10.3 Å². The molecule has 0 atom stereocenters. The molecular formula is C10H17N3. The van der Waals surface area contributed by atoms with E-state index in [2.05, 4.69) is 23.4 Å². The van der Waals surface area contributed by atoms with E-state index >= 15 is 0 Å². The molecule has 1 aliphatic rings. The predicted molar refractivity (Wildman–Crippen MR) is 52.4 cm³/mol. The fourth-order valence-corrected chi connectivity index (χ4v) is 2.11. The predicted octanol–water partition coefficient (Wildman–Crippen LogP) is 1.19. The first-order chi connectivity index (χ1) is 5.97. The van der Waals surface area contributed by atoms with Crippen LogP contribution in [0.2, 0.25) is 0 Å². The number of hydrogen-bond donors (Lipinski definition) is 1. The zero-order chi connectivity index (χ0) is 9.69. The quantitative estimate of drug-likeness (QED) is 0.741. The zero-order valence-corrected chi connectivity index (χ0v) is 8.54. The second kappa shape index (κ2) is 2.35. The third kappa shape index (κ3) is 1.10. The zero-order valence-electron chi connectivity index (χ0n) is 8.54. The summed E-state index contributed by atoms with van der Waals surface area (Å²) in [6.45, 7) is 4.18. The molecule has 0 radical (unpaired) electrons. The number of hydrogen-bond acceptors (Lipinski definition) is 2. The molecule has 0 unspecified atom stereocenters. The van der Waals surface area contributed by atoms with E-state index in [0.29, 0.717) is 0 Å². The van der Waals surface area contributed by atoms with E-state index in [4.69, 9.17) is 5.73 Å². The molecule has 0 aliphatic heterocycles. The Bertz CT molecular complexity index is 315. The molecule has 3 nitrogen and oxygen atoms in total. The van der Waals surface area contributed by atoms with Crippen molar-refractivity contribution in [2.45, 2.75) is 37.6 Å². The van der Waals surface area contributed by atoms with Crippen molar-refractivity contribution in [2.75, 3.05) is 0 Å². The largest absolute Gasteiger partial charge is 0.337 e. The lowest BCUT2D eigenvalue weighted by Crippen LogP contribution is -2.46. The van der Waals surface area contributed by atoms with E-state index in [1.54, 1.807) is 0 Å². The summed E-state index contributed by atoms with van der Waals surface area (Å²) in [6, 6.07) is 0. The topological polar surface area (TPSA) is 43.8 Å². The first-order valence-electron chi connectivity index (χ1n) is 4.74. The van der Waals surface area contributed by atoms with E-state index < -0.39 is 0 Å². The van der Waals surface area contributed by atoms with Gasteiger partial charge >= 0.3 is 0 Å². The van der Waals surface area contributed by atoms with Crippen LogP contribution in [0.1, 0.15) is 32.5 Å². The number of rotatable bonds is 2. The molecule has 0 saturated heterocycles. The van der Waals surface area contributed by atoms with Crippen LogP contribution in [0.5, 0.6) is 0 Å². The minimum Gasteiger partial charge on any atom is -0.337 e. The van der Waals surface area contributed by atoms with Crippen molar-refractivity contribution in [1.82, 2.24) is 9.55 Å². The van der Waals surface area contributed by atoms with E-state index in [-0.39, 0.29) is 11.0 Å². The first-order valence-corrected chi connectivity index (χ1v) is 4.74. The van der Waals surface area contributed by atoms with E-state index in [9.17, 15) is 0 Å². The summed E-state index contributed by atoms with van der Waals surface area (Å²) >= 11 is 0. The Morgan fingerprint density at radius 3 is 2.46 bits per heavy atom. The fraction of sp³-hybridized carbons (Fsp3) is 0.700. The molecule has 0 aromatic carbocycles. The smallest absolute Gasteiger partial charge is 0.116 e. The van der Waals surface area contributed by atoms with Crippen LogP contribution in [0.15, 0.2) is 12.4 Å². The van der Waals surface area contributed by atoms with Crippen LogP contribution >= 0.6 is 0 Å². The average molecular weight is 179 g/mol. The van der Waals surface area contributed by atoms with Crippen LogP contribution in [0.4, 0.5) is 0 Å². The number of aromatic nitrogens is 2. The van der Waals surface area contributed by atoms with Crippen molar-refractivity contribution >= 4 is 0 Å². The first kappa shape index (κ1) is 8.75. The van der Waals surface area contributed by atoms with Gasteiger partial charge in [0.05, 0.1) is 0 Å². The van der Waals surface area contributed by atoms with Crippen LogP contribution in [0.3, 0.4) is 0 Å². The van der Waals surface area contributed by atoms with Crippen LogP contribution in [-0.4, -0.2) is 15.1 Å². The normalized spacial score (nSPS) is 20.3. The van der Waals surface area contributed by atoms with Gasteiger partial charge in [-0.1, -0.05) is 0 Å². The molecule has 1 aliphatic carbocycles. The van der Waals surface area contributed by atoms with Crippen LogP contribution in [0, 0.1) is 0 Å². The van der Waals surface area contributed by atoms with Gasteiger partial charge in [-0.25, -0.2) is 4.98 Å². The minimum atomic E-state index is -0.161. The van der Waals surface area contributed by atoms with Crippen LogP contribution in [-0.2, 0) is 12.5 Å². The van der Waals surface area contributed by atoms with E-state index in [0.717, 1.165) is 5.82 Å². The lowest BCUT2D eigenvalue weighted by molar-refractivity contribution is 0.368. The number of nitrogens with two attached hydrogens (primary N) is 1. The third-order valence-corrected chi connectivity index (χ3v) is 3.23. The van der Waals surface area contributed by atoms with Gasteiger partial charge in [-0.3, -0.25) is 0 Å². The summed E-state index contributed by atoms with van der Waals surface area (Å²) in [6.07, 6.45) is 6.17. The Labute approximate surface area is 79.0 Å². The van der Waals surface area contributed by atoms with Gasteiger partial charge in [0.2, 0.25) is 0 Å². The van der Waals surface area contributed by atoms with Crippen molar-refractivity contribution in [3.63, 3.8) is 0 Å². The molecule has 0 bridgehead atoms. The molecular weight excluding hydrogens is 162 g/mol. The lowest BCUT2D eigenvalue weighted by atomic mass is 9.84. The highest BCUT2D eigenvalue weighted by Crippen LogP contribution is 2.53. The highest BCUT2D eigenvalue weighted by molar-refractivity contribution is 5.26. The molecule has 3 heteroatoms. The maximum atomic E-state index is 6.18. The Morgan fingerprint density at radius 1 is 1.54 bits per heavy atom. The summed E-state index contributed by atoms with van der Waals surface area (Å²) < 4.78 is 2.08. The standard InChI is InChI=1S/C10H17N3/c1-9(2,11)10(4-5-10)8-12-6-7-13(8)3/h6-7H,4-5,11H2,1-3H3. The maximum Gasteiger partial charge on any atom is 0.116 e. The molecule has 1 saturated carbocycles. The van der Waals surface area contributed by atoms with Crippen molar-refractivity contribution in [3.8, 4) is 0 Å². The highest BCUT2D eigenvalue weighted by atomic mass is 15.1. The van der Waals surface area contributed by atoms with Crippen molar-refractivity contribution < 1.29 is 0 Å². The SMILES string of the molecule is Cn1ccnc1C1(C(C)(C)N)CC1. The van der Waals surface area contributed by atoms with Crippen molar-refractivity contribution in [1.29, 1.82) is 0 Å². The fourth-order valence-electron chi connectivity index (χ4n) is 2.11. The Kier molecular flexibility index (Phi) is 1.58. The summed E-state index contributed by atoms with van der Waals surface area (Å²) in [5.74, 6) is 1.14. The van der Waals surface area contributed by atoms with Gasteiger partial charge in [0.25, 0.3) is 0 Å². The molecule has 1 aromatic rings. The van der Waals surface area contributed by atoms with Gasteiger partial charge in [0, 0.05) is 30.4 Å². The second-order valence-electron chi connectivity index (χ2n) is 4.67. The molecule has 0 spiro atoms. The third-order valence-electron chi connectivity index (χ3n) is 3.23. The van der Waals surface area contributed by atoms with Crippen LogP contribution < -0.4 is 5.73 Å². The maximum absolute atomic E-state index is 6.18. The molecule has 2 rings (SSSR count). The van der Waals surface area contributed by atoms with Crippen molar-refractivity contribution in [3.05, 3.63) is 18.2 Å². The Hall–Kier alpha value is -0.830. The van der Waals surface area contributed by atoms with Crippen molar-refractivity contribution in [2.24, 2.45) is 12.8 Å². The average Bonchev–Trinajstić information content (AvgIpc) is 2.70. The molecule has 1 aromatic heterocycles. The molecule has 13 heavy (non-hydrogen) atoms. The second-order valence-corrected chi connectivity index (χ2v) is 4.67. The van der Waals surface area contributed by atoms with Gasteiger partial charge in [-0.2, -0.15) is 0 Å². The van der Waals surface area contributed by atoms with Crippen LogP contribution in [0.25, 0.3) is 0 Å². The number of nitrogens with zero attached hydrogens (tertiary/aromatic N) is 2. The highest BCUT2D eigenvalue weighted by Gasteiger charge is 2.56. The van der Waals surface area contributed by atoms with Gasteiger partial charge in [-0.15, -0.1) is 0 Å². The molecule has 1 heterocycles. The van der Waals surface area contributed by atoms with Gasteiger partial charge in [0.1, 0.15) is 5.82 Å². The number of imidazole rings is 1. The molecule has 0 amide bonds. The number of aryl methyl sites for hydroxylation is 1. The summed E-state index contributed by atoms with van der Waals surface area (Å²) in [5.41, 5.74) is 6.15. The Morgan fingerprint density at radius 2 is 2.15 bits per heavy atom. The van der Waals surface area contributed by atoms with E-state index in [1.165, 1.54) is 12.8 Å².